The fourth-order valence-electron chi connectivity index (χ4n) is 2.27. The second-order valence-electron chi connectivity index (χ2n) is 5.93. The van der Waals surface area contributed by atoms with Crippen molar-refractivity contribution in [2.24, 2.45) is 0 Å². The van der Waals surface area contributed by atoms with E-state index in [1.807, 2.05) is 66.5 Å². The lowest BCUT2D eigenvalue weighted by Gasteiger charge is -2.34. The van der Waals surface area contributed by atoms with E-state index in [1.165, 1.54) is 5.56 Å². The minimum Gasteiger partial charge on any atom is -0.474 e. The Kier molecular flexibility index (Phi) is 5.24. The van der Waals surface area contributed by atoms with Crippen molar-refractivity contribution in [3.63, 3.8) is 0 Å². The molecule has 21 heavy (non-hydrogen) atoms. The van der Waals surface area contributed by atoms with Gasteiger partial charge in [-0.1, -0.05) is 30.3 Å². The van der Waals surface area contributed by atoms with E-state index >= 15 is 0 Å². The number of hydrogen-bond donors (Lipinski definition) is 0. The van der Waals surface area contributed by atoms with Crippen LogP contribution in [0, 0.1) is 0 Å². The van der Waals surface area contributed by atoms with Gasteiger partial charge in [-0.15, -0.1) is 11.8 Å². The topological polar surface area (TPSA) is 29.5 Å². The molecule has 0 saturated carbocycles. The number of halogens is 1. The van der Waals surface area contributed by atoms with Crippen molar-refractivity contribution in [1.82, 2.24) is 4.90 Å². The summed E-state index contributed by atoms with van der Waals surface area (Å²) in [5, 5.41) is 0.0739. The van der Waals surface area contributed by atoms with Gasteiger partial charge in [0.05, 0.1) is 0 Å². The first-order valence-corrected chi connectivity index (χ1v) is 8.94. The smallest absolute Gasteiger partial charge is 0.215 e. The normalized spacial score (nSPS) is 22.2. The maximum absolute atomic E-state index is 11.9. The van der Waals surface area contributed by atoms with Gasteiger partial charge in [-0.05, 0) is 32.9 Å². The second-order valence-corrected chi connectivity index (χ2v) is 8.11. The van der Waals surface area contributed by atoms with E-state index in [0.717, 1.165) is 5.75 Å². The van der Waals surface area contributed by atoms with Gasteiger partial charge in [-0.3, -0.25) is 4.79 Å². The van der Waals surface area contributed by atoms with Gasteiger partial charge in [0.1, 0.15) is 17.0 Å². The average Bonchev–Trinajstić information content (AvgIpc) is 2.82. The summed E-state index contributed by atoms with van der Waals surface area (Å²) in [6.07, 6.45) is 0. The zero-order valence-electron chi connectivity index (χ0n) is 12.5. The lowest BCUT2D eigenvalue weighted by atomic mass is 10.2. The van der Waals surface area contributed by atoms with Gasteiger partial charge >= 0.3 is 0 Å². The number of ether oxygens (including phenoxy) is 1. The monoisotopic (exact) mass is 417 g/mol. The summed E-state index contributed by atoms with van der Waals surface area (Å²) < 4.78 is 6.04. The average molecular weight is 417 g/mol. The van der Waals surface area contributed by atoms with Gasteiger partial charge in [0.2, 0.25) is 3.79 Å². The maximum atomic E-state index is 11.9. The molecule has 1 aliphatic rings. The molecule has 114 valence electrons. The van der Waals surface area contributed by atoms with Crippen LogP contribution in [0.15, 0.2) is 42.8 Å². The van der Waals surface area contributed by atoms with E-state index in [9.17, 15) is 4.79 Å². The third-order valence-corrected chi connectivity index (χ3v) is 5.10. The van der Waals surface area contributed by atoms with Gasteiger partial charge in [-0.2, -0.15) is 0 Å². The Morgan fingerprint density at radius 2 is 2.00 bits per heavy atom. The minimum absolute atomic E-state index is 0.0739. The third-order valence-electron chi connectivity index (χ3n) is 3.06. The lowest BCUT2D eigenvalue weighted by Crippen LogP contribution is -2.38. The lowest BCUT2D eigenvalue weighted by molar-refractivity contribution is -0.114. The van der Waals surface area contributed by atoms with E-state index in [0.29, 0.717) is 5.88 Å². The summed E-state index contributed by atoms with van der Waals surface area (Å²) >= 11 is 3.62. The molecule has 0 radical (unpaired) electrons. The Bertz CT molecular complexity index is 527. The molecule has 0 spiro atoms. The van der Waals surface area contributed by atoms with Crippen LogP contribution >= 0.6 is 34.4 Å². The van der Waals surface area contributed by atoms with E-state index in [-0.39, 0.29) is 20.8 Å². The molecule has 3 nitrogen and oxygen atoms in total. The molecular formula is C16H20INO2S. The van der Waals surface area contributed by atoms with Gasteiger partial charge in [-0.25, -0.2) is 0 Å². The van der Waals surface area contributed by atoms with Crippen LogP contribution in [0.4, 0.5) is 0 Å². The Labute approximate surface area is 144 Å². The molecule has 1 saturated heterocycles. The van der Waals surface area contributed by atoms with Crippen molar-refractivity contribution in [2.45, 2.75) is 37.8 Å². The first-order valence-electron chi connectivity index (χ1n) is 6.82. The largest absolute Gasteiger partial charge is 0.474 e. The zero-order valence-corrected chi connectivity index (χ0v) is 15.5. The summed E-state index contributed by atoms with van der Waals surface area (Å²) in [6, 6.07) is 10.00. The van der Waals surface area contributed by atoms with Crippen LogP contribution in [0.25, 0.3) is 0 Å². The molecule has 0 aliphatic carbocycles. The summed E-state index contributed by atoms with van der Waals surface area (Å²) in [4.78, 5) is 14.0. The van der Waals surface area contributed by atoms with E-state index in [2.05, 4.69) is 18.7 Å². The van der Waals surface area contributed by atoms with Crippen LogP contribution in [0.1, 0.15) is 31.7 Å². The second kappa shape index (κ2) is 6.60. The van der Waals surface area contributed by atoms with Crippen LogP contribution in [0.2, 0.25) is 0 Å². The predicted octanol–water partition coefficient (Wildman–Crippen LogP) is 4.35. The Balaban J connectivity index is 2.29. The molecule has 1 aliphatic heterocycles. The molecule has 1 fully saturated rings. The highest BCUT2D eigenvalue weighted by molar-refractivity contribution is 14.1. The van der Waals surface area contributed by atoms with Crippen molar-refractivity contribution < 1.29 is 9.53 Å². The number of carbonyl (C=O) groups is 1. The minimum atomic E-state index is -0.329. The maximum Gasteiger partial charge on any atom is 0.215 e. The quantitative estimate of drug-likeness (QED) is 0.414. The number of rotatable bonds is 4. The van der Waals surface area contributed by atoms with E-state index in [1.54, 1.807) is 11.8 Å². The molecular weight excluding hydrogens is 397 g/mol. The Hall–Kier alpha value is -0.690. The molecule has 2 atom stereocenters. The number of carbonyl (C=O) groups excluding carboxylic acids is 1. The van der Waals surface area contributed by atoms with Gasteiger partial charge in [0.15, 0.2) is 5.88 Å². The standard InChI is InChI=1S/C16H20INO2S/c1-11(20-16(2,3)4)18-13(14(17)19)10-21-15(18)12-8-6-5-7-9-12/h5-9,13,15H,1,10H2,2-4H3/t13?,15-/m1/s1. The van der Waals surface area contributed by atoms with Crippen LogP contribution in [-0.4, -0.2) is 26.1 Å². The SMILES string of the molecule is C=C(OC(C)(C)C)N1C(C(=O)I)CS[C@@H]1c1ccccc1. The Morgan fingerprint density at radius 1 is 1.38 bits per heavy atom. The van der Waals surface area contributed by atoms with Crippen LogP contribution in [0.5, 0.6) is 0 Å². The van der Waals surface area contributed by atoms with Crippen molar-refractivity contribution >= 4 is 38.1 Å². The highest BCUT2D eigenvalue weighted by atomic mass is 127. The number of thioether (sulfide) groups is 1. The van der Waals surface area contributed by atoms with Crippen LogP contribution in [-0.2, 0) is 9.53 Å². The summed E-state index contributed by atoms with van der Waals surface area (Å²) in [5.41, 5.74) is 0.839. The Morgan fingerprint density at radius 3 is 2.52 bits per heavy atom. The van der Waals surface area contributed by atoms with Gasteiger partial charge in [0.25, 0.3) is 0 Å². The number of benzene rings is 1. The van der Waals surface area contributed by atoms with Crippen molar-refractivity contribution in [3.8, 4) is 0 Å². The van der Waals surface area contributed by atoms with Crippen molar-refractivity contribution in [3.05, 3.63) is 48.4 Å². The van der Waals surface area contributed by atoms with E-state index < -0.39 is 0 Å². The molecule has 0 bridgehead atoms. The number of nitrogens with zero attached hydrogens (tertiary/aromatic N) is 1. The predicted molar refractivity (Wildman–Crippen MR) is 96.3 cm³/mol. The molecule has 1 unspecified atom stereocenters. The van der Waals surface area contributed by atoms with Gasteiger partial charge < -0.3 is 9.64 Å². The first kappa shape index (κ1) is 16.7. The highest BCUT2D eigenvalue weighted by Crippen LogP contribution is 2.44. The summed E-state index contributed by atoms with van der Waals surface area (Å²) in [6.45, 7) is 10.0. The highest BCUT2D eigenvalue weighted by Gasteiger charge is 2.40. The molecule has 0 aromatic heterocycles. The first-order chi connectivity index (χ1) is 9.79. The van der Waals surface area contributed by atoms with Gasteiger partial charge in [0, 0.05) is 28.3 Å². The molecule has 1 heterocycles. The fourth-order valence-corrected chi connectivity index (χ4v) is 4.54. The summed E-state index contributed by atoms with van der Waals surface area (Å²) in [7, 11) is 0. The van der Waals surface area contributed by atoms with Crippen LogP contribution in [0.3, 0.4) is 0 Å². The molecule has 5 heteroatoms. The van der Waals surface area contributed by atoms with Crippen LogP contribution < -0.4 is 0 Å². The summed E-state index contributed by atoms with van der Waals surface area (Å²) in [5.74, 6) is 1.32. The molecule has 0 N–H and O–H groups in total. The van der Waals surface area contributed by atoms with Crippen molar-refractivity contribution in [1.29, 1.82) is 0 Å². The van der Waals surface area contributed by atoms with Crippen molar-refractivity contribution in [2.75, 3.05) is 5.75 Å². The zero-order chi connectivity index (χ0) is 15.6. The molecule has 1 aromatic carbocycles. The van der Waals surface area contributed by atoms with E-state index in [4.69, 9.17) is 4.74 Å². The molecule has 1 aromatic rings. The third kappa shape index (κ3) is 4.16. The fraction of sp³-hybridized carbons (Fsp3) is 0.438. The number of hydrogen-bond acceptors (Lipinski definition) is 4. The molecule has 2 rings (SSSR count). The molecule has 0 amide bonds.